The van der Waals surface area contributed by atoms with E-state index in [1.54, 1.807) is 0 Å². The summed E-state index contributed by atoms with van der Waals surface area (Å²) >= 11 is 0. The summed E-state index contributed by atoms with van der Waals surface area (Å²) in [5.74, 6) is -1.95. The highest BCUT2D eigenvalue weighted by molar-refractivity contribution is 5.95. The molecule has 0 aromatic heterocycles. The van der Waals surface area contributed by atoms with E-state index in [9.17, 15) is 24.3 Å². The highest BCUT2D eigenvalue weighted by atomic mass is 16.5. The summed E-state index contributed by atoms with van der Waals surface area (Å²) < 4.78 is 5.55. The first-order chi connectivity index (χ1) is 16.8. The molecule has 2 N–H and O–H groups in total. The molecule has 9 heteroatoms. The van der Waals surface area contributed by atoms with Crippen LogP contribution >= 0.6 is 0 Å². The molecule has 1 atom stereocenters. The summed E-state index contributed by atoms with van der Waals surface area (Å²) in [7, 11) is 1.52. The number of aliphatic carboxylic acids is 1. The third kappa shape index (κ3) is 4.11. The molecule has 3 amide bonds. The number of carboxylic acids is 1. The predicted octanol–water partition coefficient (Wildman–Crippen LogP) is 2.06. The van der Waals surface area contributed by atoms with Crippen molar-refractivity contribution in [1.29, 1.82) is 0 Å². The lowest BCUT2D eigenvalue weighted by atomic mass is 9.98. The first-order valence-corrected chi connectivity index (χ1v) is 11.7. The molecular weight excluding hydrogens is 450 g/mol. The molecule has 0 radical (unpaired) electrons. The highest BCUT2D eigenvalue weighted by Crippen LogP contribution is 2.47. The molecule has 0 spiro atoms. The Labute approximate surface area is 202 Å². The third-order valence-corrected chi connectivity index (χ3v) is 7.32. The van der Waals surface area contributed by atoms with Crippen molar-refractivity contribution in [3.8, 4) is 11.1 Å². The topological polar surface area (TPSA) is 116 Å². The number of amides is 3. The summed E-state index contributed by atoms with van der Waals surface area (Å²) in [6, 6.07) is 15.0. The van der Waals surface area contributed by atoms with Crippen molar-refractivity contribution in [3.05, 3.63) is 59.7 Å². The van der Waals surface area contributed by atoms with Crippen LogP contribution in [0.25, 0.3) is 11.1 Å². The van der Waals surface area contributed by atoms with E-state index in [2.05, 4.69) is 17.4 Å². The minimum absolute atomic E-state index is 0.0371. The Kier molecular flexibility index (Phi) is 5.70. The molecule has 1 saturated carbocycles. The minimum Gasteiger partial charge on any atom is -0.480 e. The zero-order valence-corrected chi connectivity index (χ0v) is 19.4. The summed E-state index contributed by atoms with van der Waals surface area (Å²) in [6.45, 7) is -0.140. The van der Waals surface area contributed by atoms with Crippen molar-refractivity contribution in [1.82, 2.24) is 15.1 Å². The summed E-state index contributed by atoms with van der Waals surface area (Å²) in [6.07, 6.45) is 0.403. The van der Waals surface area contributed by atoms with Crippen molar-refractivity contribution in [2.24, 2.45) is 5.41 Å². The first kappa shape index (κ1) is 22.9. The van der Waals surface area contributed by atoms with Gasteiger partial charge in [0, 0.05) is 19.5 Å². The fourth-order valence-electron chi connectivity index (χ4n) is 5.07. The first-order valence-electron chi connectivity index (χ1n) is 11.7. The molecule has 2 aromatic rings. The van der Waals surface area contributed by atoms with E-state index in [1.165, 1.54) is 11.9 Å². The van der Waals surface area contributed by atoms with Crippen molar-refractivity contribution in [3.63, 3.8) is 0 Å². The Bertz CT molecular complexity index is 1160. The van der Waals surface area contributed by atoms with Crippen LogP contribution in [0.4, 0.5) is 4.79 Å². The number of rotatable bonds is 6. The number of carbonyl (C=O) groups is 4. The van der Waals surface area contributed by atoms with E-state index < -0.39 is 29.4 Å². The van der Waals surface area contributed by atoms with Gasteiger partial charge in [0.2, 0.25) is 11.8 Å². The number of benzene rings is 2. The molecule has 2 aromatic carbocycles. The van der Waals surface area contributed by atoms with Gasteiger partial charge in [0.25, 0.3) is 0 Å². The Hall–Kier alpha value is -3.88. The number of alkyl carbamates (subject to hydrolysis) is 1. The van der Waals surface area contributed by atoms with Gasteiger partial charge in [0.15, 0.2) is 0 Å². The van der Waals surface area contributed by atoms with Gasteiger partial charge in [-0.2, -0.15) is 0 Å². The number of ether oxygens (including phenoxy) is 1. The lowest BCUT2D eigenvalue weighted by Crippen LogP contribution is -2.61. The highest BCUT2D eigenvalue weighted by Gasteiger charge is 2.54. The SMILES string of the molecule is CN1CC(C(=O)O)N(C(=O)C2(CNC(=O)OCC3c4ccccc4-c4ccccc43)CC2)CC1=O. The summed E-state index contributed by atoms with van der Waals surface area (Å²) in [4.78, 5) is 52.0. The Morgan fingerprint density at radius 2 is 1.66 bits per heavy atom. The van der Waals surface area contributed by atoms with E-state index in [1.807, 2.05) is 36.4 Å². The van der Waals surface area contributed by atoms with Gasteiger partial charge in [-0.1, -0.05) is 48.5 Å². The largest absolute Gasteiger partial charge is 0.480 e. The molecule has 5 rings (SSSR count). The van der Waals surface area contributed by atoms with Crippen LogP contribution in [0.15, 0.2) is 48.5 Å². The maximum Gasteiger partial charge on any atom is 0.407 e. The van der Waals surface area contributed by atoms with Gasteiger partial charge in [0.05, 0.1) is 12.0 Å². The number of piperazine rings is 1. The zero-order chi connectivity index (χ0) is 24.7. The standard InChI is InChI=1S/C26H27N3O6/c1-28-12-21(23(31)32)29(13-22(28)30)24(33)26(10-11-26)15-27-25(34)35-14-20-18-8-4-2-6-16(18)17-7-3-5-9-19(17)20/h2-9,20-21H,10-15H2,1H3,(H,27,34)(H,31,32). The van der Waals surface area contributed by atoms with Gasteiger partial charge < -0.3 is 25.0 Å². The van der Waals surface area contributed by atoms with Crippen LogP contribution in [-0.4, -0.2) is 78.1 Å². The van der Waals surface area contributed by atoms with E-state index in [0.717, 1.165) is 27.2 Å². The Balaban J connectivity index is 1.21. The van der Waals surface area contributed by atoms with Crippen LogP contribution in [-0.2, 0) is 19.1 Å². The van der Waals surface area contributed by atoms with Crippen LogP contribution in [0.5, 0.6) is 0 Å². The quantitative estimate of drug-likeness (QED) is 0.658. The number of nitrogens with one attached hydrogen (secondary N) is 1. The number of carbonyl (C=O) groups excluding carboxylic acids is 3. The predicted molar refractivity (Wildman–Crippen MR) is 126 cm³/mol. The lowest BCUT2D eigenvalue weighted by Gasteiger charge is -2.38. The summed E-state index contributed by atoms with van der Waals surface area (Å²) in [5.41, 5.74) is 3.59. The second kappa shape index (κ2) is 8.72. The molecule has 1 saturated heterocycles. The second-order valence-electron chi connectivity index (χ2n) is 9.52. The van der Waals surface area contributed by atoms with Gasteiger partial charge in [0.1, 0.15) is 19.2 Å². The van der Waals surface area contributed by atoms with Crippen molar-refractivity contribution in [2.45, 2.75) is 24.8 Å². The molecule has 182 valence electrons. The molecule has 2 aliphatic carbocycles. The van der Waals surface area contributed by atoms with Crippen LogP contribution in [0, 0.1) is 5.41 Å². The van der Waals surface area contributed by atoms with Gasteiger partial charge in [-0.3, -0.25) is 9.59 Å². The molecule has 1 aliphatic heterocycles. The van der Waals surface area contributed by atoms with E-state index in [4.69, 9.17) is 4.74 Å². The van der Waals surface area contributed by atoms with Gasteiger partial charge in [-0.25, -0.2) is 9.59 Å². The summed E-state index contributed by atoms with van der Waals surface area (Å²) in [5, 5.41) is 12.2. The zero-order valence-electron chi connectivity index (χ0n) is 19.4. The number of likely N-dealkylation sites (N-methyl/N-ethyl adjacent to an activating group) is 1. The Morgan fingerprint density at radius 1 is 1.06 bits per heavy atom. The number of hydrogen-bond donors (Lipinski definition) is 2. The minimum atomic E-state index is -1.15. The molecule has 1 unspecified atom stereocenters. The fourth-order valence-corrected chi connectivity index (χ4v) is 5.07. The van der Waals surface area contributed by atoms with Crippen molar-refractivity contribution < 1.29 is 29.0 Å². The van der Waals surface area contributed by atoms with Crippen molar-refractivity contribution in [2.75, 3.05) is 33.3 Å². The monoisotopic (exact) mass is 477 g/mol. The van der Waals surface area contributed by atoms with Crippen LogP contribution in [0.3, 0.4) is 0 Å². The molecular formula is C26H27N3O6. The fraction of sp³-hybridized carbons (Fsp3) is 0.385. The maximum atomic E-state index is 13.2. The Morgan fingerprint density at radius 3 is 2.23 bits per heavy atom. The number of fused-ring (bicyclic) bond motifs is 3. The van der Waals surface area contributed by atoms with Crippen LogP contribution in [0.2, 0.25) is 0 Å². The van der Waals surface area contributed by atoms with Gasteiger partial charge in [-0.15, -0.1) is 0 Å². The number of carboxylic acid groups (broad SMARTS) is 1. The lowest BCUT2D eigenvalue weighted by molar-refractivity contribution is -0.161. The van der Waals surface area contributed by atoms with E-state index in [-0.39, 0.29) is 38.1 Å². The second-order valence-corrected chi connectivity index (χ2v) is 9.52. The smallest absolute Gasteiger partial charge is 0.407 e. The molecule has 0 bridgehead atoms. The maximum absolute atomic E-state index is 13.2. The van der Waals surface area contributed by atoms with Gasteiger partial charge in [-0.05, 0) is 35.1 Å². The van der Waals surface area contributed by atoms with E-state index in [0.29, 0.717) is 12.8 Å². The van der Waals surface area contributed by atoms with Crippen LogP contribution < -0.4 is 5.32 Å². The molecule has 35 heavy (non-hydrogen) atoms. The van der Waals surface area contributed by atoms with Crippen LogP contribution in [0.1, 0.15) is 29.9 Å². The normalized spacial score (nSPS) is 20.1. The average Bonchev–Trinajstić information content (AvgIpc) is 3.59. The van der Waals surface area contributed by atoms with Gasteiger partial charge >= 0.3 is 12.1 Å². The third-order valence-electron chi connectivity index (χ3n) is 7.32. The number of nitrogens with zero attached hydrogens (tertiary/aromatic N) is 2. The average molecular weight is 478 g/mol. The molecule has 2 fully saturated rings. The molecule has 9 nitrogen and oxygen atoms in total. The molecule has 3 aliphatic rings. The van der Waals surface area contributed by atoms with Crippen molar-refractivity contribution >= 4 is 23.9 Å². The van der Waals surface area contributed by atoms with E-state index >= 15 is 0 Å². The number of hydrogen-bond acceptors (Lipinski definition) is 5. The molecule has 1 heterocycles.